The number of ether oxygens (including phenoxy) is 2. The van der Waals surface area contributed by atoms with Crippen LogP contribution >= 0.6 is 11.6 Å². The maximum Gasteiger partial charge on any atom is 0.311 e. The molecule has 122 valence electrons. The van der Waals surface area contributed by atoms with Gasteiger partial charge in [-0.1, -0.05) is 61.3 Å². The predicted molar refractivity (Wildman–Crippen MR) is 92.1 cm³/mol. The first kappa shape index (κ1) is 17.4. The summed E-state index contributed by atoms with van der Waals surface area (Å²) in [5.41, 5.74) is 1.04. The van der Waals surface area contributed by atoms with Crippen LogP contribution in [0, 0.1) is 0 Å². The summed E-state index contributed by atoms with van der Waals surface area (Å²) in [5.74, 6) is 0.467. The number of carbonyl (C=O) groups is 1. The Balaban J connectivity index is 2.15. The first-order chi connectivity index (χ1) is 11.1. The normalized spacial score (nSPS) is 11.8. The molecule has 0 heterocycles. The van der Waals surface area contributed by atoms with Crippen LogP contribution in [-0.4, -0.2) is 5.97 Å². The Morgan fingerprint density at radius 1 is 1.13 bits per heavy atom. The Hall–Kier alpha value is -2.00. The second kappa shape index (κ2) is 8.59. The summed E-state index contributed by atoms with van der Waals surface area (Å²) in [6.45, 7) is 3.97. The molecular weight excluding hydrogens is 312 g/mol. The summed E-state index contributed by atoms with van der Waals surface area (Å²) in [6.07, 6.45) is 1.92. The van der Waals surface area contributed by atoms with Gasteiger partial charge in [-0.05, 0) is 31.0 Å². The van der Waals surface area contributed by atoms with Gasteiger partial charge in [0.05, 0.1) is 5.02 Å². The summed E-state index contributed by atoms with van der Waals surface area (Å²) in [7, 11) is 0. The van der Waals surface area contributed by atoms with Gasteiger partial charge in [0.15, 0.2) is 11.5 Å². The zero-order valence-electron chi connectivity index (χ0n) is 13.4. The van der Waals surface area contributed by atoms with Crippen LogP contribution in [0.25, 0.3) is 0 Å². The number of rotatable bonds is 7. The third-order valence-corrected chi connectivity index (χ3v) is 3.75. The van der Waals surface area contributed by atoms with Crippen LogP contribution in [-0.2, 0) is 4.79 Å². The fraction of sp³-hybridized carbons (Fsp3) is 0.316. The molecule has 0 radical (unpaired) electrons. The van der Waals surface area contributed by atoms with Crippen molar-refractivity contribution >= 4 is 17.6 Å². The molecule has 0 saturated carbocycles. The van der Waals surface area contributed by atoms with E-state index in [-0.39, 0.29) is 17.8 Å². The van der Waals surface area contributed by atoms with Crippen molar-refractivity contribution < 1.29 is 14.3 Å². The summed E-state index contributed by atoms with van der Waals surface area (Å²) < 4.78 is 11.4. The molecule has 0 N–H and O–H groups in total. The minimum absolute atomic E-state index is 0.178. The molecule has 0 spiro atoms. The minimum atomic E-state index is -0.294. The Labute approximate surface area is 142 Å². The third kappa shape index (κ3) is 5.00. The van der Waals surface area contributed by atoms with E-state index in [9.17, 15) is 4.79 Å². The fourth-order valence-corrected chi connectivity index (χ4v) is 2.35. The van der Waals surface area contributed by atoms with Gasteiger partial charge in [-0.2, -0.15) is 0 Å². The maximum atomic E-state index is 11.9. The first-order valence-corrected chi connectivity index (χ1v) is 8.20. The van der Waals surface area contributed by atoms with Crippen molar-refractivity contribution in [3.05, 3.63) is 59.1 Å². The Morgan fingerprint density at radius 2 is 1.87 bits per heavy atom. The molecule has 0 aromatic heterocycles. The Kier molecular flexibility index (Phi) is 6.48. The van der Waals surface area contributed by atoms with Gasteiger partial charge in [-0.15, -0.1) is 0 Å². The average molecular weight is 333 g/mol. The molecule has 23 heavy (non-hydrogen) atoms. The molecule has 2 aromatic carbocycles. The average Bonchev–Trinajstić information content (AvgIpc) is 2.57. The van der Waals surface area contributed by atoms with Crippen LogP contribution in [0.5, 0.6) is 11.5 Å². The van der Waals surface area contributed by atoms with Crippen molar-refractivity contribution in [3.8, 4) is 11.5 Å². The standard InChI is InChI=1S/C19H21ClO3/c1-3-4-13-18(21)23-19-16(20)11-8-12-17(19)22-14(2)15-9-6-5-7-10-15/h5-12,14H,3-4,13H2,1-2H3. The lowest BCUT2D eigenvalue weighted by Crippen LogP contribution is -2.10. The van der Waals surface area contributed by atoms with Crippen LogP contribution in [0.15, 0.2) is 48.5 Å². The smallest absolute Gasteiger partial charge is 0.311 e. The summed E-state index contributed by atoms with van der Waals surface area (Å²) in [6, 6.07) is 15.1. The van der Waals surface area contributed by atoms with E-state index in [1.807, 2.05) is 44.2 Å². The molecule has 1 unspecified atom stereocenters. The van der Waals surface area contributed by atoms with Crippen molar-refractivity contribution in [2.24, 2.45) is 0 Å². The monoisotopic (exact) mass is 332 g/mol. The molecule has 3 nitrogen and oxygen atoms in total. The molecule has 0 aliphatic heterocycles. The first-order valence-electron chi connectivity index (χ1n) is 7.82. The highest BCUT2D eigenvalue weighted by Crippen LogP contribution is 2.37. The molecule has 0 bridgehead atoms. The van der Waals surface area contributed by atoms with Crippen LogP contribution in [0.3, 0.4) is 0 Å². The SMILES string of the molecule is CCCCC(=O)Oc1c(Cl)cccc1OC(C)c1ccccc1. The van der Waals surface area contributed by atoms with E-state index in [0.29, 0.717) is 17.2 Å². The molecule has 0 aliphatic carbocycles. The zero-order chi connectivity index (χ0) is 16.7. The molecule has 1 atom stereocenters. The molecular formula is C19H21ClO3. The number of hydrogen-bond donors (Lipinski definition) is 0. The third-order valence-electron chi connectivity index (χ3n) is 3.45. The van der Waals surface area contributed by atoms with Gasteiger partial charge in [-0.25, -0.2) is 0 Å². The lowest BCUT2D eigenvalue weighted by molar-refractivity contribution is -0.134. The van der Waals surface area contributed by atoms with Crippen LogP contribution in [0.1, 0.15) is 44.8 Å². The second-order valence-corrected chi connectivity index (χ2v) is 5.72. The van der Waals surface area contributed by atoms with Crippen molar-refractivity contribution in [2.45, 2.75) is 39.2 Å². The van der Waals surface area contributed by atoms with E-state index in [1.165, 1.54) is 0 Å². The maximum absolute atomic E-state index is 11.9. The molecule has 2 aromatic rings. The molecule has 2 rings (SSSR count). The number of benzene rings is 2. The van der Waals surface area contributed by atoms with Crippen molar-refractivity contribution in [1.29, 1.82) is 0 Å². The molecule has 0 amide bonds. The molecule has 0 aliphatic rings. The Morgan fingerprint density at radius 3 is 2.57 bits per heavy atom. The number of unbranched alkanes of at least 4 members (excludes halogenated alkanes) is 1. The zero-order valence-corrected chi connectivity index (χ0v) is 14.2. The number of halogens is 1. The van der Waals surface area contributed by atoms with Gasteiger partial charge in [0.2, 0.25) is 0 Å². The molecule has 4 heteroatoms. The van der Waals surface area contributed by atoms with E-state index in [1.54, 1.807) is 18.2 Å². The van der Waals surface area contributed by atoms with Gasteiger partial charge in [-0.3, -0.25) is 4.79 Å². The fourth-order valence-electron chi connectivity index (χ4n) is 2.15. The van der Waals surface area contributed by atoms with E-state index >= 15 is 0 Å². The lowest BCUT2D eigenvalue weighted by Gasteiger charge is -2.18. The van der Waals surface area contributed by atoms with Crippen molar-refractivity contribution in [1.82, 2.24) is 0 Å². The van der Waals surface area contributed by atoms with Gasteiger partial charge in [0, 0.05) is 6.42 Å². The van der Waals surface area contributed by atoms with E-state index < -0.39 is 0 Å². The summed E-state index contributed by atoms with van der Waals surface area (Å²) >= 11 is 6.18. The highest BCUT2D eigenvalue weighted by Gasteiger charge is 2.16. The van der Waals surface area contributed by atoms with Crippen LogP contribution in [0.4, 0.5) is 0 Å². The largest absolute Gasteiger partial charge is 0.482 e. The van der Waals surface area contributed by atoms with E-state index in [0.717, 1.165) is 18.4 Å². The van der Waals surface area contributed by atoms with E-state index in [2.05, 4.69) is 0 Å². The molecule has 0 fully saturated rings. The predicted octanol–water partition coefficient (Wildman–Crippen LogP) is 5.58. The van der Waals surface area contributed by atoms with Gasteiger partial charge in [0.25, 0.3) is 0 Å². The van der Waals surface area contributed by atoms with Gasteiger partial charge >= 0.3 is 5.97 Å². The number of para-hydroxylation sites is 1. The number of hydrogen-bond acceptors (Lipinski definition) is 3. The van der Waals surface area contributed by atoms with Crippen molar-refractivity contribution in [3.63, 3.8) is 0 Å². The summed E-state index contributed by atoms with van der Waals surface area (Å²) in [5, 5.41) is 0.368. The van der Waals surface area contributed by atoms with Crippen LogP contribution < -0.4 is 9.47 Å². The second-order valence-electron chi connectivity index (χ2n) is 5.32. The lowest BCUT2D eigenvalue weighted by atomic mass is 10.1. The Bertz CT molecular complexity index is 640. The quantitative estimate of drug-likeness (QED) is 0.490. The van der Waals surface area contributed by atoms with Gasteiger partial charge in [0.1, 0.15) is 6.10 Å². The number of esters is 1. The highest BCUT2D eigenvalue weighted by atomic mass is 35.5. The highest BCUT2D eigenvalue weighted by molar-refractivity contribution is 6.32. The summed E-state index contributed by atoms with van der Waals surface area (Å²) in [4.78, 5) is 11.9. The van der Waals surface area contributed by atoms with Crippen molar-refractivity contribution in [2.75, 3.05) is 0 Å². The molecule has 0 saturated heterocycles. The van der Waals surface area contributed by atoms with E-state index in [4.69, 9.17) is 21.1 Å². The van der Waals surface area contributed by atoms with Crippen LogP contribution in [0.2, 0.25) is 5.02 Å². The topological polar surface area (TPSA) is 35.5 Å². The number of carbonyl (C=O) groups excluding carboxylic acids is 1. The van der Waals surface area contributed by atoms with Gasteiger partial charge < -0.3 is 9.47 Å². The minimum Gasteiger partial charge on any atom is -0.482 e.